The van der Waals surface area contributed by atoms with Crippen molar-refractivity contribution >= 4 is 0 Å². The predicted molar refractivity (Wildman–Crippen MR) is 53.6 cm³/mol. The molecule has 2 rings (SSSR count). The van der Waals surface area contributed by atoms with Gasteiger partial charge in [-0.2, -0.15) is 10.5 Å². The second kappa shape index (κ2) is 3.69. The largest absolute Gasteiger partial charge is 0.464 e. The van der Waals surface area contributed by atoms with Gasteiger partial charge in [0.25, 0.3) is 0 Å². The van der Waals surface area contributed by atoms with Gasteiger partial charge in [0, 0.05) is 5.56 Å². The number of hydrogen-bond donors (Lipinski definition) is 0. The minimum atomic E-state index is 0.356. The zero-order chi connectivity index (χ0) is 10.7. The summed E-state index contributed by atoms with van der Waals surface area (Å²) in [4.78, 5) is 0. The third-order valence-corrected chi connectivity index (χ3v) is 2.08. The van der Waals surface area contributed by atoms with Crippen LogP contribution in [0, 0.1) is 22.7 Å². The first-order chi connectivity index (χ1) is 7.36. The molecule has 0 N–H and O–H groups in total. The Kier molecular flexibility index (Phi) is 2.23. The van der Waals surface area contributed by atoms with E-state index in [-0.39, 0.29) is 0 Å². The molecule has 1 aromatic carbocycles. The molecule has 1 heterocycles. The maximum Gasteiger partial charge on any atom is 0.135 e. The fourth-order valence-electron chi connectivity index (χ4n) is 1.40. The standard InChI is InChI=1S/C12H6N2O/c13-7-9-3-1-4-10(11(9)8-14)12-5-2-6-15-12/h1-6H. The number of benzene rings is 1. The fourth-order valence-corrected chi connectivity index (χ4v) is 1.40. The first-order valence-corrected chi connectivity index (χ1v) is 4.34. The van der Waals surface area contributed by atoms with E-state index in [9.17, 15) is 0 Å². The lowest BCUT2D eigenvalue weighted by atomic mass is 10.0. The summed E-state index contributed by atoms with van der Waals surface area (Å²) < 4.78 is 5.20. The molecule has 0 unspecified atom stereocenters. The van der Waals surface area contributed by atoms with Crippen LogP contribution in [0.15, 0.2) is 41.0 Å². The second-order valence-corrected chi connectivity index (χ2v) is 2.93. The molecule has 0 bridgehead atoms. The molecule has 0 radical (unpaired) electrons. The molecule has 0 atom stereocenters. The van der Waals surface area contributed by atoms with Crippen molar-refractivity contribution < 1.29 is 4.42 Å². The molecular weight excluding hydrogens is 188 g/mol. The maximum atomic E-state index is 8.99. The smallest absolute Gasteiger partial charge is 0.135 e. The summed E-state index contributed by atoms with van der Waals surface area (Å²) in [5, 5.41) is 17.8. The van der Waals surface area contributed by atoms with Crippen molar-refractivity contribution in [3.8, 4) is 23.5 Å². The van der Waals surface area contributed by atoms with Crippen LogP contribution in [0.5, 0.6) is 0 Å². The molecule has 0 amide bonds. The van der Waals surface area contributed by atoms with Crippen LogP contribution in [-0.4, -0.2) is 0 Å². The van der Waals surface area contributed by atoms with Gasteiger partial charge in [-0.3, -0.25) is 0 Å². The van der Waals surface area contributed by atoms with Crippen LogP contribution in [0.25, 0.3) is 11.3 Å². The lowest BCUT2D eigenvalue weighted by Crippen LogP contribution is -1.87. The van der Waals surface area contributed by atoms with Crippen molar-refractivity contribution in [3.05, 3.63) is 47.7 Å². The lowest BCUT2D eigenvalue weighted by Gasteiger charge is -2.00. The topological polar surface area (TPSA) is 60.7 Å². The Balaban J connectivity index is 2.70. The molecule has 0 saturated carbocycles. The Hall–Kier alpha value is -2.52. The van der Waals surface area contributed by atoms with Crippen molar-refractivity contribution in [1.82, 2.24) is 0 Å². The van der Waals surface area contributed by atoms with Crippen molar-refractivity contribution in [1.29, 1.82) is 10.5 Å². The highest BCUT2D eigenvalue weighted by Gasteiger charge is 2.10. The Bertz CT molecular complexity index is 556. The van der Waals surface area contributed by atoms with Gasteiger partial charge in [0.05, 0.1) is 17.4 Å². The van der Waals surface area contributed by atoms with Crippen LogP contribution in [0.3, 0.4) is 0 Å². The zero-order valence-corrected chi connectivity index (χ0v) is 7.77. The van der Waals surface area contributed by atoms with E-state index in [0.29, 0.717) is 22.5 Å². The van der Waals surface area contributed by atoms with Gasteiger partial charge in [-0.1, -0.05) is 6.07 Å². The molecule has 0 aliphatic carbocycles. The van der Waals surface area contributed by atoms with Crippen molar-refractivity contribution in [2.24, 2.45) is 0 Å². The minimum Gasteiger partial charge on any atom is -0.464 e. The molecule has 70 valence electrons. The van der Waals surface area contributed by atoms with Gasteiger partial charge in [0.15, 0.2) is 0 Å². The van der Waals surface area contributed by atoms with Crippen LogP contribution >= 0.6 is 0 Å². The molecule has 15 heavy (non-hydrogen) atoms. The molecule has 0 spiro atoms. The fraction of sp³-hybridized carbons (Fsp3) is 0. The Labute approximate surface area is 86.8 Å². The molecule has 0 saturated heterocycles. The molecule has 3 nitrogen and oxygen atoms in total. The molecule has 2 aromatic rings. The first kappa shape index (κ1) is 9.05. The van der Waals surface area contributed by atoms with Crippen LogP contribution in [-0.2, 0) is 0 Å². The van der Waals surface area contributed by atoms with Gasteiger partial charge in [-0.05, 0) is 24.3 Å². The van der Waals surface area contributed by atoms with E-state index < -0.39 is 0 Å². The van der Waals surface area contributed by atoms with E-state index in [1.807, 2.05) is 12.1 Å². The van der Waals surface area contributed by atoms with E-state index >= 15 is 0 Å². The van der Waals surface area contributed by atoms with Crippen LogP contribution < -0.4 is 0 Å². The highest BCUT2D eigenvalue weighted by Crippen LogP contribution is 2.25. The molecule has 3 heteroatoms. The van der Waals surface area contributed by atoms with Gasteiger partial charge >= 0.3 is 0 Å². The number of nitrogens with zero attached hydrogens (tertiary/aromatic N) is 2. The van der Waals surface area contributed by atoms with Gasteiger partial charge in [0.2, 0.25) is 0 Å². The molecule has 0 aliphatic heterocycles. The molecule has 1 aromatic heterocycles. The van der Waals surface area contributed by atoms with Crippen molar-refractivity contribution in [2.45, 2.75) is 0 Å². The van der Waals surface area contributed by atoms with E-state index in [1.165, 1.54) is 6.26 Å². The van der Waals surface area contributed by atoms with E-state index in [4.69, 9.17) is 14.9 Å². The Morgan fingerprint density at radius 1 is 1.00 bits per heavy atom. The summed E-state index contributed by atoms with van der Waals surface area (Å²) in [6.45, 7) is 0. The highest BCUT2D eigenvalue weighted by molar-refractivity contribution is 5.69. The van der Waals surface area contributed by atoms with Gasteiger partial charge in [-0.15, -0.1) is 0 Å². The summed E-state index contributed by atoms with van der Waals surface area (Å²) in [5.74, 6) is 0.601. The van der Waals surface area contributed by atoms with E-state index in [0.717, 1.165) is 0 Å². The predicted octanol–water partition coefficient (Wildman–Crippen LogP) is 2.69. The first-order valence-electron chi connectivity index (χ1n) is 4.34. The normalized spacial score (nSPS) is 9.20. The average Bonchev–Trinajstić information content (AvgIpc) is 2.81. The molecule has 0 fully saturated rings. The van der Waals surface area contributed by atoms with Crippen molar-refractivity contribution in [3.63, 3.8) is 0 Å². The van der Waals surface area contributed by atoms with Crippen molar-refractivity contribution in [2.75, 3.05) is 0 Å². The monoisotopic (exact) mass is 194 g/mol. The van der Waals surface area contributed by atoms with Gasteiger partial charge < -0.3 is 4.42 Å². The van der Waals surface area contributed by atoms with Gasteiger partial charge in [0.1, 0.15) is 17.9 Å². The third-order valence-electron chi connectivity index (χ3n) is 2.08. The Morgan fingerprint density at radius 3 is 2.47 bits per heavy atom. The summed E-state index contributed by atoms with van der Waals surface area (Å²) in [5.41, 5.74) is 1.38. The molecule has 0 aliphatic rings. The lowest BCUT2D eigenvalue weighted by molar-refractivity contribution is 0.582. The van der Waals surface area contributed by atoms with Crippen LogP contribution in [0.2, 0.25) is 0 Å². The number of rotatable bonds is 1. The number of furan rings is 1. The SMILES string of the molecule is N#Cc1cccc(-c2ccco2)c1C#N. The summed E-state index contributed by atoms with van der Waals surface area (Å²) >= 11 is 0. The Morgan fingerprint density at radius 2 is 1.87 bits per heavy atom. The summed E-state index contributed by atoms with van der Waals surface area (Å²) in [7, 11) is 0. The van der Waals surface area contributed by atoms with Crippen LogP contribution in [0.4, 0.5) is 0 Å². The number of nitriles is 2. The number of hydrogen-bond acceptors (Lipinski definition) is 3. The second-order valence-electron chi connectivity index (χ2n) is 2.93. The average molecular weight is 194 g/mol. The minimum absolute atomic E-state index is 0.356. The maximum absolute atomic E-state index is 8.99. The zero-order valence-electron chi connectivity index (χ0n) is 7.77. The summed E-state index contributed by atoms with van der Waals surface area (Å²) in [6, 6.07) is 12.6. The van der Waals surface area contributed by atoms with E-state index in [1.54, 1.807) is 30.3 Å². The van der Waals surface area contributed by atoms with Crippen LogP contribution in [0.1, 0.15) is 11.1 Å². The summed E-state index contributed by atoms with van der Waals surface area (Å²) in [6.07, 6.45) is 1.54. The molecular formula is C12H6N2O. The van der Waals surface area contributed by atoms with Gasteiger partial charge in [-0.25, -0.2) is 0 Å². The third kappa shape index (κ3) is 1.47. The highest BCUT2D eigenvalue weighted by atomic mass is 16.3. The quantitative estimate of drug-likeness (QED) is 0.701. The van der Waals surface area contributed by atoms with E-state index in [2.05, 4.69) is 0 Å².